The van der Waals surface area contributed by atoms with Gasteiger partial charge in [-0.05, 0) is 20.3 Å². The molecule has 116 valence electrons. The number of alkyl carbamates (subject to hydrolysis) is 1. The zero-order chi connectivity index (χ0) is 15.6. The third-order valence-electron chi connectivity index (χ3n) is 2.75. The highest BCUT2D eigenvalue weighted by molar-refractivity contribution is 5.77. The largest absolute Gasteiger partial charge is 0.465 e. The minimum Gasteiger partial charge on any atom is -0.465 e. The molecule has 0 heterocycles. The second-order valence-corrected chi connectivity index (χ2v) is 4.48. The Hall–Kier alpha value is -1.79. The Morgan fingerprint density at radius 1 is 1.10 bits per heavy atom. The molecule has 0 aromatic rings. The Kier molecular flexibility index (Phi) is 8.35. The van der Waals surface area contributed by atoms with E-state index in [1.165, 1.54) is 6.92 Å². The van der Waals surface area contributed by atoms with Gasteiger partial charge in [-0.15, -0.1) is 0 Å². The predicted molar refractivity (Wildman–Crippen MR) is 71.0 cm³/mol. The van der Waals surface area contributed by atoms with E-state index in [2.05, 4.69) is 10.1 Å². The lowest BCUT2D eigenvalue weighted by Crippen LogP contribution is -2.36. The van der Waals surface area contributed by atoms with Crippen molar-refractivity contribution in [1.29, 1.82) is 0 Å². The van der Waals surface area contributed by atoms with Gasteiger partial charge in [0.2, 0.25) is 0 Å². The van der Waals surface area contributed by atoms with Crippen LogP contribution in [0.5, 0.6) is 0 Å². The van der Waals surface area contributed by atoms with Gasteiger partial charge in [-0.25, -0.2) is 4.79 Å². The molecule has 7 heteroatoms. The van der Waals surface area contributed by atoms with E-state index in [0.29, 0.717) is 6.42 Å². The van der Waals surface area contributed by atoms with Crippen LogP contribution in [0.15, 0.2) is 0 Å². The highest BCUT2D eigenvalue weighted by atomic mass is 16.6. The van der Waals surface area contributed by atoms with Gasteiger partial charge in [0, 0.05) is 6.92 Å². The topological polar surface area (TPSA) is 90.9 Å². The van der Waals surface area contributed by atoms with Crippen LogP contribution in [-0.2, 0) is 23.8 Å². The highest BCUT2D eigenvalue weighted by Gasteiger charge is 2.34. The SMILES string of the molecule is CCOC(=O)NCCOC(=O)C(C)(CC)COC(C)=O. The maximum absolute atomic E-state index is 11.9. The number of hydrogen-bond donors (Lipinski definition) is 1. The molecule has 0 bridgehead atoms. The molecule has 1 N–H and O–H groups in total. The fourth-order valence-corrected chi connectivity index (χ4v) is 1.22. The van der Waals surface area contributed by atoms with E-state index < -0.39 is 23.4 Å². The molecule has 0 saturated heterocycles. The standard InChI is InChI=1S/C13H23NO6/c1-5-13(4,9-20-10(3)15)11(16)19-8-7-14-12(17)18-6-2/h5-9H2,1-4H3,(H,14,17). The zero-order valence-corrected chi connectivity index (χ0v) is 12.5. The summed E-state index contributed by atoms with van der Waals surface area (Å²) in [7, 11) is 0. The summed E-state index contributed by atoms with van der Waals surface area (Å²) in [6.45, 7) is 6.90. The summed E-state index contributed by atoms with van der Waals surface area (Å²) in [5.74, 6) is -0.909. The summed E-state index contributed by atoms with van der Waals surface area (Å²) < 4.78 is 14.6. The number of rotatable bonds is 8. The number of carbonyl (C=O) groups excluding carboxylic acids is 3. The second-order valence-electron chi connectivity index (χ2n) is 4.48. The quantitative estimate of drug-likeness (QED) is 0.411. The van der Waals surface area contributed by atoms with Gasteiger partial charge in [0.1, 0.15) is 13.2 Å². The summed E-state index contributed by atoms with van der Waals surface area (Å²) in [6.07, 6.45) is -0.0774. The minimum atomic E-state index is -0.879. The van der Waals surface area contributed by atoms with Crippen molar-refractivity contribution in [3.05, 3.63) is 0 Å². The molecule has 0 radical (unpaired) electrons. The predicted octanol–water partition coefficient (Wildman–Crippen LogP) is 1.26. The molecule has 20 heavy (non-hydrogen) atoms. The van der Waals surface area contributed by atoms with Crippen LogP contribution in [0.4, 0.5) is 4.79 Å². The van der Waals surface area contributed by atoms with E-state index >= 15 is 0 Å². The Bertz CT molecular complexity index is 344. The number of ether oxygens (including phenoxy) is 3. The maximum Gasteiger partial charge on any atom is 0.407 e. The normalized spacial score (nSPS) is 13.0. The van der Waals surface area contributed by atoms with Gasteiger partial charge in [0.05, 0.1) is 18.6 Å². The molecule has 1 atom stereocenters. The van der Waals surface area contributed by atoms with Gasteiger partial charge < -0.3 is 19.5 Å². The third kappa shape index (κ3) is 6.96. The van der Waals surface area contributed by atoms with E-state index in [-0.39, 0.29) is 26.4 Å². The van der Waals surface area contributed by atoms with Gasteiger partial charge >= 0.3 is 18.0 Å². The first-order valence-electron chi connectivity index (χ1n) is 6.57. The Balaban J connectivity index is 4.09. The van der Waals surface area contributed by atoms with Crippen molar-refractivity contribution in [3.63, 3.8) is 0 Å². The molecule has 0 rings (SSSR count). The van der Waals surface area contributed by atoms with Gasteiger partial charge in [0.25, 0.3) is 0 Å². The summed E-state index contributed by atoms with van der Waals surface area (Å²) in [5, 5.41) is 2.43. The Morgan fingerprint density at radius 3 is 2.25 bits per heavy atom. The lowest BCUT2D eigenvalue weighted by molar-refractivity contribution is -0.162. The molecule has 1 unspecified atom stereocenters. The number of carbonyl (C=O) groups is 3. The molecule has 0 aliphatic heterocycles. The first kappa shape index (κ1) is 18.2. The van der Waals surface area contributed by atoms with E-state index in [9.17, 15) is 14.4 Å². The summed E-state index contributed by atoms with van der Waals surface area (Å²) in [5.41, 5.74) is -0.879. The Labute approximate surface area is 118 Å². The monoisotopic (exact) mass is 289 g/mol. The van der Waals surface area contributed by atoms with Crippen molar-refractivity contribution in [2.24, 2.45) is 5.41 Å². The lowest BCUT2D eigenvalue weighted by atomic mass is 9.89. The van der Waals surface area contributed by atoms with Gasteiger partial charge in [0.15, 0.2) is 0 Å². The van der Waals surface area contributed by atoms with Crippen LogP contribution in [-0.4, -0.2) is 44.4 Å². The minimum absolute atomic E-state index is 0.0248. The van der Waals surface area contributed by atoms with Gasteiger partial charge in [-0.1, -0.05) is 6.92 Å². The molecule has 0 saturated carbocycles. The van der Waals surface area contributed by atoms with Crippen molar-refractivity contribution in [2.75, 3.05) is 26.4 Å². The average Bonchev–Trinajstić information content (AvgIpc) is 2.41. The van der Waals surface area contributed by atoms with Gasteiger partial charge in [-0.2, -0.15) is 0 Å². The molecular formula is C13H23NO6. The molecule has 0 aromatic carbocycles. The summed E-state index contributed by atoms with van der Waals surface area (Å²) >= 11 is 0. The van der Waals surface area contributed by atoms with Crippen LogP contribution < -0.4 is 5.32 Å². The van der Waals surface area contributed by atoms with Crippen molar-refractivity contribution < 1.29 is 28.6 Å². The Morgan fingerprint density at radius 2 is 1.75 bits per heavy atom. The first-order valence-corrected chi connectivity index (χ1v) is 6.57. The van der Waals surface area contributed by atoms with Crippen molar-refractivity contribution in [1.82, 2.24) is 5.32 Å². The fraction of sp³-hybridized carbons (Fsp3) is 0.769. The average molecular weight is 289 g/mol. The maximum atomic E-state index is 11.9. The van der Waals surface area contributed by atoms with E-state index in [0.717, 1.165) is 0 Å². The molecular weight excluding hydrogens is 266 g/mol. The zero-order valence-electron chi connectivity index (χ0n) is 12.5. The molecule has 0 spiro atoms. The lowest BCUT2D eigenvalue weighted by Gasteiger charge is -2.25. The van der Waals surface area contributed by atoms with Crippen LogP contribution in [0.2, 0.25) is 0 Å². The summed E-state index contributed by atoms with van der Waals surface area (Å²) in [6, 6.07) is 0. The smallest absolute Gasteiger partial charge is 0.407 e. The number of amides is 1. The van der Waals surface area contributed by atoms with Crippen LogP contribution in [0, 0.1) is 5.41 Å². The van der Waals surface area contributed by atoms with Crippen molar-refractivity contribution >= 4 is 18.0 Å². The molecule has 7 nitrogen and oxygen atoms in total. The first-order chi connectivity index (χ1) is 9.35. The van der Waals surface area contributed by atoms with Crippen molar-refractivity contribution in [3.8, 4) is 0 Å². The molecule has 1 amide bonds. The van der Waals surface area contributed by atoms with Crippen LogP contribution in [0.25, 0.3) is 0 Å². The molecule has 0 aliphatic rings. The van der Waals surface area contributed by atoms with Crippen LogP contribution >= 0.6 is 0 Å². The summed E-state index contributed by atoms with van der Waals surface area (Å²) in [4.78, 5) is 33.7. The molecule has 0 aromatic heterocycles. The highest BCUT2D eigenvalue weighted by Crippen LogP contribution is 2.23. The number of nitrogens with one attached hydrogen (secondary N) is 1. The van der Waals surface area contributed by atoms with E-state index in [1.54, 1.807) is 13.8 Å². The van der Waals surface area contributed by atoms with E-state index in [4.69, 9.17) is 9.47 Å². The van der Waals surface area contributed by atoms with E-state index in [1.807, 2.05) is 6.92 Å². The molecule has 0 fully saturated rings. The van der Waals surface area contributed by atoms with Crippen LogP contribution in [0.1, 0.15) is 34.1 Å². The number of esters is 2. The van der Waals surface area contributed by atoms with Crippen molar-refractivity contribution in [2.45, 2.75) is 34.1 Å². The second kappa shape index (κ2) is 9.17. The van der Waals surface area contributed by atoms with Crippen LogP contribution in [0.3, 0.4) is 0 Å². The third-order valence-corrected chi connectivity index (χ3v) is 2.75. The molecule has 0 aliphatic carbocycles. The van der Waals surface area contributed by atoms with Gasteiger partial charge in [-0.3, -0.25) is 9.59 Å². The number of hydrogen-bond acceptors (Lipinski definition) is 6. The fourth-order valence-electron chi connectivity index (χ4n) is 1.22.